The van der Waals surface area contributed by atoms with Crippen molar-refractivity contribution in [3.05, 3.63) is 35.9 Å². The van der Waals surface area contributed by atoms with Gasteiger partial charge >= 0.3 is 6.03 Å². The molecule has 14 heavy (non-hydrogen) atoms. The van der Waals surface area contributed by atoms with Crippen molar-refractivity contribution in [1.82, 2.24) is 4.90 Å². The van der Waals surface area contributed by atoms with Crippen LogP contribution in [-0.2, 0) is 0 Å². The molecule has 0 saturated carbocycles. The summed E-state index contributed by atoms with van der Waals surface area (Å²) in [5.41, 5.74) is 0.506. The number of carbonyl (C=O) groups is 2. The average molecular weight is 188 g/mol. The van der Waals surface area contributed by atoms with Crippen LogP contribution in [0, 0.1) is 0 Å². The molecule has 0 atom stereocenters. The predicted molar refractivity (Wildman–Crippen MR) is 51.4 cm³/mol. The number of carbonyl (C=O) groups excluding carboxylic acids is 2. The quantitative estimate of drug-likeness (QED) is 0.667. The number of amides is 3. The fraction of sp³-hybridized carbons (Fsp3) is 0.100. The Morgan fingerprint density at radius 2 is 2.00 bits per heavy atom. The number of hydrogen-bond donors (Lipinski definition) is 0. The van der Waals surface area contributed by atoms with Crippen molar-refractivity contribution >= 4 is 18.2 Å². The van der Waals surface area contributed by atoms with Crippen LogP contribution in [0.4, 0.5) is 4.79 Å². The molecule has 0 aromatic heterocycles. The highest BCUT2D eigenvalue weighted by atomic mass is 16.2. The molecule has 2 rings (SSSR count). The topological polar surface area (TPSA) is 49.7 Å². The van der Waals surface area contributed by atoms with Crippen LogP contribution in [-0.4, -0.2) is 29.6 Å². The maximum absolute atomic E-state index is 11.7. The minimum Gasteiger partial charge on any atom is -0.269 e. The Bertz CT molecular complexity index is 398. The third kappa shape index (κ3) is 1.42. The van der Waals surface area contributed by atoms with Crippen molar-refractivity contribution in [2.45, 2.75) is 0 Å². The normalized spacial score (nSPS) is 14.9. The summed E-state index contributed by atoms with van der Waals surface area (Å²) in [5.74, 6) is -0.298. The lowest BCUT2D eigenvalue weighted by molar-refractivity contribution is 0.0834. The first-order valence-electron chi connectivity index (χ1n) is 4.22. The van der Waals surface area contributed by atoms with Crippen LogP contribution in [0.1, 0.15) is 10.4 Å². The molecule has 0 radical (unpaired) electrons. The van der Waals surface area contributed by atoms with E-state index in [0.29, 0.717) is 5.56 Å². The summed E-state index contributed by atoms with van der Waals surface area (Å²) in [7, 11) is 0. The summed E-state index contributed by atoms with van der Waals surface area (Å²) in [4.78, 5) is 27.4. The number of hydrogen-bond acceptors (Lipinski definition) is 2. The third-order valence-corrected chi connectivity index (χ3v) is 1.96. The highest BCUT2D eigenvalue weighted by Crippen LogP contribution is 2.08. The van der Waals surface area contributed by atoms with Crippen molar-refractivity contribution in [3.63, 3.8) is 0 Å². The molecule has 70 valence electrons. The number of aliphatic imine (C=N–C) groups is 1. The summed E-state index contributed by atoms with van der Waals surface area (Å²) < 4.78 is 0. The molecule has 1 aromatic carbocycles. The van der Waals surface area contributed by atoms with E-state index in [9.17, 15) is 9.59 Å². The molecule has 4 heteroatoms. The van der Waals surface area contributed by atoms with Gasteiger partial charge in [0.25, 0.3) is 5.91 Å². The zero-order valence-electron chi connectivity index (χ0n) is 7.38. The first kappa shape index (κ1) is 8.62. The number of benzene rings is 1. The van der Waals surface area contributed by atoms with Crippen molar-refractivity contribution in [3.8, 4) is 0 Å². The molecule has 0 N–H and O–H groups in total. The van der Waals surface area contributed by atoms with Gasteiger partial charge in [0.1, 0.15) is 0 Å². The first-order chi connectivity index (χ1) is 6.79. The van der Waals surface area contributed by atoms with Crippen molar-refractivity contribution in [1.29, 1.82) is 0 Å². The van der Waals surface area contributed by atoms with E-state index in [1.54, 1.807) is 24.3 Å². The Hall–Kier alpha value is -1.97. The molecule has 1 aromatic rings. The highest BCUT2D eigenvalue weighted by Gasteiger charge is 2.24. The van der Waals surface area contributed by atoms with Gasteiger partial charge in [0.15, 0.2) is 0 Å². The van der Waals surface area contributed by atoms with Crippen molar-refractivity contribution < 1.29 is 9.59 Å². The summed E-state index contributed by atoms with van der Waals surface area (Å²) in [6, 6.07) is 8.20. The van der Waals surface area contributed by atoms with E-state index in [-0.39, 0.29) is 12.5 Å². The van der Waals surface area contributed by atoms with E-state index in [1.807, 2.05) is 6.07 Å². The fourth-order valence-corrected chi connectivity index (χ4v) is 1.25. The molecule has 0 bridgehead atoms. The number of nitrogens with zero attached hydrogens (tertiary/aromatic N) is 2. The van der Waals surface area contributed by atoms with Gasteiger partial charge in [0.05, 0.1) is 6.54 Å². The lowest BCUT2D eigenvalue weighted by Crippen LogP contribution is -2.31. The van der Waals surface area contributed by atoms with Gasteiger partial charge < -0.3 is 0 Å². The van der Waals surface area contributed by atoms with Gasteiger partial charge in [0, 0.05) is 11.8 Å². The van der Waals surface area contributed by atoms with Crippen LogP contribution in [0.25, 0.3) is 0 Å². The van der Waals surface area contributed by atoms with Gasteiger partial charge in [-0.15, -0.1) is 0 Å². The average Bonchev–Trinajstić information content (AvgIpc) is 2.65. The second-order valence-corrected chi connectivity index (χ2v) is 2.88. The summed E-state index contributed by atoms with van der Waals surface area (Å²) in [6.45, 7) is 0.270. The van der Waals surface area contributed by atoms with E-state index in [1.165, 1.54) is 6.21 Å². The summed E-state index contributed by atoms with van der Waals surface area (Å²) in [6.07, 6.45) is 1.43. The monoisotopic (exact) mass is 188 g/mol. The molecule has 0 fully saturated rings. The van der Waals surface area contributed by atoms with Gasteiger partial charge in [-0.2, -0.15) is 0 Å². The van der Waals surface area contributed by atoms with Crippen LogP contribution in [0.3, 0.4) is 0 Å². The Labute approximate surface area is 80.9 Å². The Morgan fingerprint density at radius 1 is 1.29 bits per heavy atom. The Morgan fingerprint density at radius 3 is 2.57 bits per heavy atom. The molecule has 0 saturated heterocycles. The van der Waals surface area contributed by atoms with E-state index in [4.69, 9.17) is 0 Å². The zero-order chi connectivity index (χ0) is 9.97. The molecular formula is C10H8N2O2. The van der Waals surface area contributed by atoms with Gasteiger partial charge in [-0.05, 0) is 12.1 Å². The van der Waals surface area contributed by atoms with Crippen molar-refractivity contribution in [2.24, 2.45) is 4.99 Å². The van der Waals surface area contributed by atoms with Crippen molar-refractivity contribution in [2.75, 3.05) is 6.54 Å². The van der Waals surface area contributed by atoms with E-state index in [0.717, 1.165) is 4.90 Å². The van der Waals surface area contributed by atoms with Gasteiger partial charge in [-0.1, -0.05) is 18.2 Å². The smallest absolute Gasteiger partial charge is 0.269 e. The minimum absolute atomic E-state index is 0.270. The van der Waals surface area contributed by atoms with Crippen LogP contribution in [0.15, 0.2) is 35.3 Å². The molecule has 1 aliphatic heterocycles. The number of rotatable bonds is 1. The third-order valence-electron chi connectivity index (χ3n) is 1.96. The maximum atomic E-state index is 11.7. The van der Waals surface area contributed by atoms with Crippen LogP contribution < -0.4 is 0 Å². The van der Waals surface area contributed by atoms with Gasteiger partial charge in [-0.25, -0.2) is 9.79 Å². The Balaban J connectivity index is 2.21. The first-order valence-corrected chi connectivity index (χ1v) is 4.22. The largest absolute Gasteiger partial charge is 0.350 e. The number of urea groups is 1. The van der Waals surface area contributed by atoms with Crippen LogP contribution in [0.5, 0.6) is 0 Å². The maximum Gasteiger partial charge on any atom is 0.350 e. The van der Waals surface area contributed by atoms with Crippen LogP contribution in [0.2, 0.25) is 0 Å². The molecule has 3 amide bonds. The molecule has 1 heterocycles. The molecular weight excluding hydrogens is 180 g/mol. The second kappa shape index (κ2) is 3.41. The Kier molecular flexibility index (Phi) is 2.10. The van der Waals surface area contributed by atoms with Gasteiger partial charge in [-0.3, -0.25) is 9.69 Å². The number of imide groups is 1. The highest BCUT2D eigenvalue weighted by molar-refractivity contribution is 6.09. The molecule has 0 spiro atoms. The lowest BCUT2D eigenvalue weighted by Gasteiger charge is -2.11. The molecule has 1 aliphatic rings. The minimum atomic E-state index is -0.487. The second-order valence-electron chi connectivity index (χ2n) is 2.88. The zero-order valence-corrected chi connectivity index (χ0v) is 7.38. The summed E-state index contributed by atoms with van der Waals surface area (Å²) in [5, 5.41) is 0. The van der Waals surface area contributed by atoms with Crippen LogP contribution >= 0.6 is 0 Å². The molecule has 0 unspecified atom stereocenters. The lowest BCUT2D eigenvalue weighted by atomic mass is 10.2. The predicted octanol–water partition coefficient (Wildman–Crippen LogP) is 1.33. The molecule has 4 nitrogen and oxygen atoms in total. The van der Waals surface area contributed by atoms with Gasteiger partial charge in [0.2, 0.25) is 0 Å². The SMILES string of the molecule is O=C1N=CCN1C(=O)c1ccccc1. The van der Waals surface area contributed by atoms with E-state index >= 15 is 0 Å². The van der Waals surface area contributed by atoms with E-state index in [2.05, 4.69) is 4.99 Å². The standard InChI is InChI=1S/C10H8N2O2/c13-9(8-4-2-1-3-5-8)12-7-6-11-10(12)14/h1-6H,7H2. The fourth-order valence-electron chi connectivity index (χ4n) is 1.25. The summed E-state index contributed by atoms with van der Waals surface area (Å²) >= 11 is 0. The molecule has 0 aliphatic carbocycles. The van der Waals surface area contributed by atoms with E-state index < -0.39 is 6.03 Å².